The standard InChI is InChI=1S/C14H20ClN3O4S/c1-22-10-11-23(20,21)18-8-6-17(7-9-18)14(19)16-13-4-2-12(15)3-5-13/h2-5H,6-11H2,1H3,(H,16,19). The average molecular weight is 362 g/mol. The van der Waals surface area contributed by atoms with Crippen LogP contribution in [0.2, 0.25) is 5.02 Å². The summed E-state index contributed by atoms with van der Waals surface area (Å²) in [5.74, 6) is -0.0412. The minimum Gasteiger partial charge on any atom is -0.384 e. The number of sulfonamides is 1. The van der Waals surface area contributed by atoms with Gasteiger partial charge in [0.05, 0.1) is 12.4 Å². The Balaban J connectivity index is 1.86. The molecule has 0 atom stereocenters. The highest BCUT2D eigenvalue weighted by atomic mass is 35.5. The van der Waals surface area contributed by atoms with Crippen LogP contribution < -0.4 is 5.32 Å². The van der Waals surface area contributed by atoms with Gasteiger partial charge in [-0.3, -0.25) is 0 Å². The summed E-state index contributed by atoms with van der Waals surface area (Å²) in [7, 11) is -1.86. The number of carbonyl (C=O) groups is 1. The first-order valence-corrected chi connectivity index (χ1v) is 9.19. The summed E-state index contributed by atoms with van der Waals surface area (Å²) < 4.78 is 30.3. The monoisotopic (exact) mass is 361 g/mol. The van der Waals surface area contributed by atoms with Crippen molar-refractivity contribution < 1.29 is 17.9 Å². The minimum absolute atomic E-state index is 0.0412. The summed E-state index contributed by atoms with van der Waals surface area (Å²) in [5.41, 5.74) is 0.648. The van der Waals surface area contributed by atoms with Gasteiger partial charge in [0.2, 0.25) is 10.0 Å². The fourth-order valence-corrected chi connectivity index (χ4v) is 3.70. The van der Waals surface area contributed by atoms with Gasteiger partial charge < -0.3 is 15.0 Å². The van der Waals surface area contributed by atoms with E-state index >= 15 is 0 Å². The summed E-state index contributed by atoms with van der Waals surface area (Å²) in [4.78, 5) is 13.8. The molecule has 0 bridgehead atoms. The van der Waals surface area contributed by atoms with E-state index in [1.807, 2.05) is 0 Å². The normalized spacial score (nSPS) is 16.3. The molecule has 1 N–H and O–H groups in total. The number of halogens is 1. The number of carbonyl (C=O) groups excluding carboxylic acids is 1. The number of hydrogen-bond acceptors (Lipinski definition) is 4. The van der Waals surface area contributed by atoms with E-state index in [2.05, 4.69) is 5.32 Å². The van der Waals surface area contributed by atoms with Crippen LogP contribution in [0.4, 0.5) is 10.5 Å². The Labute approximate surface area is 141 Å². The van der Waals surface area contributed by atoms with E-state index in [1.54, 1.807) is 29.2 Å². The second-order valence-electron chi connectivity index (χ2n) is 5.13. The molecule has 1 aromatic carbocycles. The number of benzene rings is 1. The molecule has 1 saturated heterocycles. The molecule has 7 nitrogen and oxygen atoms in total. The van der Waals surface area contributed by atoms with E-state index < -0.39 is 10.0 Å². The molecule has 0 aliphatic carbocycles. The second-order valence-corrected chi connectivity index (χ2v) is 7.66. The van der Waals surface area contributed by atoms with E-state index in [4.69, 9.17) is 16.3 Å². The van der Waals surface area contributed by atoms with Gasteiger partial charge in [-0.15, -0.1) is 0 Å². The lowest BCUT2D eigenvalue weighted by atomic mass is 10.3. The molecule has 23 heavy (non-hydrogen) atoms. The number of hydrogen-bond donors (Lipinski definition) is 1. The van der Waals surface area contributed by atoms with Crippen LogP contribution in [0.15, 0.2) is 24.3 Å². The molecular weight excluding hydrogens is 342 g/mol. The zero-order valence-corrected chi connectivity index (χ0v) is 14.4. The summed E-state index contributed by atoms with van der Waals surface area (Å²) >= 11 is 5.80. The largest absolute Gasteiger partial charge is 0.384 e. The van der Waals surface area contributed by atoms with Crippen molar-refractivity contribution in [3.63, 3.8) is 0 Å². The molecule has 128 valence electrons. The molecule has 1 heterocycles. The van der Waals surface area contributed by atoms with Crippen molar-refractivity contribution in [1.29, 1.82) is 0 Å². The maximum absolute atomic E-state index is 12.2. The summed E-state index contributed by atoms with van der Waals surface area (Å²) in [6, 6.07) is 6.56. The number of amides is 2. The van der Waals surface area contributed by atoms with Crippen LogP contribution in [0.3, 0.4) is 0 Å². The summed E-state index contributed by atoms with van der Waals surface area (Å²) in [6.07, 6.45) is 0. The van der Waals surface area contributed by atoms with Crippen LogP contribution in [0.1, 0.15) is 0 Å². The Bertz CT molecular complexity index is 628. The topological polar surface area (TPSA) is 79.0 Å². The summed E-state index contributed by atoms with van der Waals surface area (Å²) in [5, 5.41) is 3.36. The molecule has 0 saturated carbocycles. The molecule has 0 spiro atoms. The lowest BCUT2D eigenvalue weighted by Gasteiger charge is -2.33. The van der Waals surface area contributed by atoms with Crippen LogP contribution in [-0.2, 0) is 14.8 Å². The molecule has 2 rings (SSSR count). The molecule has 0 unspecified atom stereocenters. The van der Waals surface area contributed by atoms with Crippen molar-refractivity contribution in [2.75, 3.05) is 51.0 Å². The smallest absolute Gasteiger partial charge is 0.321 e. The fraction of sp³-hybridized carbons (Fsp3) is 0.500. The summed E-state index contributed by atoms with van der Waals surface area (Å²) in [6.45, 7) is 1.46. The number of nitrogens with zero attached hydrogens (tertiary/aromatic N) is 2. The molecule has 1 aliphatic rings. The Morgan fingerprint density at radius 2 is 1.83 bits per heavy atom. The Hall–Kier alpha value is -1.35. The van der Waals surface area contributed by atoms with Gasteiger partial charge in [-0.2, -0.15) is 4.31 Å². The third-order valence-corrected chi connectivity index (χ3v) is 5.65. The number of urea groups is 1. The van der Waals surface area contributed by atoms with Crippen LogP contribution >= 0.6 is 11.6 Å². The van der Waals surface area contributed by atoms with Crippen molar-refractivity contribution in [2.24, 2.45) is 0 Å². The quantitative estimate of drug-likeness (QED) is 0.861. The molecular formula is C14H20ClN3O4S. The lowest BCUT2D eigenvalue weighted by Crippen LogP contribution is -2.52. The predicted molar refractivity (Wildman–Crippen MR) is 89.3 cm³/mol. The van der Waals surface area contributed by atoms with Crippen molar-refractivity contribution >= 4 is 33.3 Å². The molecule has 1 aliphatic heterocycles. The molecule has 1 fully saturated rings. The van der Waals surface area contributed by atoms with Gasteiger partial charge in [-0.25, -0.2) is 13.2 Å². The number of rotatable bonds is 5. The zero-order chi connectivity index (χ0) is 16.9. The Morgan fingerprint density at radius 3 is 2.39 bits per heavy atom. The van der Waals surface area contributed by atoms with Crippen molar-refractivity contribution in [3.8, 4) is 0 Å². The maximum Gasteiger partial charge on any atom is 0.321 e. The molecule has 1 aromatic rings. The molecule has 0 aromatic heterocycles. The zero-order valence-electron chi connectivity index (χ0n) is 12.9. The van der Waals surface area contributed by atoms with Gasteiger partial charge in [0, 0.05) is 44.0 Å². The third-order valence-electron chi connectivity index (χ3n) is 3.56. The second kappa shape index (κ2) is 7.96. The first kappa shape index (κ1) is 18.0. The number of ether oxygens (including phenoxy) is 1. The van der Waals surface area contributed by atoms with Crippen molar-refractivity contribution in [3.05, 3.63) is 29.3 Å². The van der Waals surface area contributed by atoms with Crippen LogP contribution in [0.5, 0.6) is 0 Å². The highest BCUT2D eigenvalue weighted by Gasteiger charge is 2.28. The SMILES string of the molecule is COCCS(=O)(=O)N1CCN(C(=O)Nc2ccc(Cl)cc2)CC1. The third kappa shape index (κ3) is 5.07. The van der Waals surface area contributed by atoms with Crippen LogP contribution in [0.25, 0.3) is 0 Å². The number of piperazine rings is 1. The van der Waals surface area contributed by atoms with Gasteiger partial charge in [0.1, 0.15) is 0 Å². The highest BCUT2D eigenvalue weighted by Crippen LogP contribution is 2.15. The van der Waals surface area contributed by atoms with E-state index in [1.165, 1.54) is 11.4 Å². The lowest BCUT2D eigenvalue weighted by molar-refractivity contribution is 0.182. The van der Waals surface area contributed by atoms with Gasteiger partial charge in [-0.05, 0) is 24.3 Å². The first-order chi connectivity index (χ1) is 10.9. The molecule has 2 amide bonds. The predicted octanol–water partition coefficient (Wildman–Crippen LogP) is 1.47. The van der Waals surface area contributed by atoms with Gasteiger partial charge in [-0.1, -0.05) is 11.6 Å². The van der Waals surface area contributed by atoms with Crippen molar-refractivity contribution in [2.45, 2.75) is 0 Å². The fourth-order valence-electron chi connectivity index (χ4n) is 2.22. The van der Waals surface area contributed by atoms with Crippen molar-refractivity contribution in [1.82, 2.24) is 9.21 Å². The van der Waals surface area contributed by atoms with Gasteiger partial charge in [0.15, 0.2) is 0 Å². The van der Waals surface area contributed by atoms with E-state index in [0.29, 0.717) is 36.9 Å². The number of methoxy groups -OCH3 is 1. The molecule has 0 radical (unpaired) electrons. The minimum atomic E-state index is -3.32. The maximum atomic E-state index is 12.2. The van der Waals surface area contributed by atoms with Crippen LogP contribution in [-0.4, -0.2) is 69.3 Å². The van der Waals surface area contributed by atoms with E-state index in [-0.39, 0.29) is 18.4 Å². The molecule has 9 heteroatoms. The Kier molecular flexibility index (Phi) is 6.23. The first-order valence-electron chi connectivity index (χ1n) is 7.20. The van der Waals surface area contributed by atoms with Crippen LogP contribution in [0, 0.1) is 0 Å². The van der Waals surface area contributed by atoms with Gasteiger partial charge in [0.25, 0.3) is 0 Å². The Morgan fingerprint density at radius 1 is 1.22 bits per heavy atom. The number of nitrogens with one attached hydrogen (secondary N) is 1. The average Bonchev–Trinajstić information content (AvgIpc) is 2.55. The van der Waals surface area contributed by atoms with E-state index in [9.17, 15) is 13.2 Å². The van der Waals surface area contributed by atoms with Gasteiger partial charge >= 0.3 is 6.03 Å². The number of anilines is 1. The highest BCUT2D eigenvalue weighted by molar-refractivity contribution is 7.89. The van der Waals surface area contributed by atoms with E-state index in [0.717, 1.165) is 0 Å².